The number of carbonyl (C=O) groups excluding carboxylic acids is 2. The fourth-order valence-electron chi connectivity index (χ4n) is 4.30. The van der Waals surface area contributed by atoms with Crippen LogP contribution in [0.25, 0.3) is 5.57 Å². The van der Waals surface area contributed by atoms with Gasteiger partial charge in [-0.2, -0.15) is 0 Å². The van der Waals surface area contributed by atoms with Gasteiger partial charge in [0.05, 0.1) is 0 Å². The first kappa shape index (κ1) is 24.9. The van der Waals surface area contributed by atoms with E-state index in [0.717, 1.165) is 35.1 Å². The van der Waals surface area contributed by atoms with Crippen LogP contribution in [-0.2, 0) is 0 Å². The molecule has 2 heteroatoms. The predicted molar refractivity (Wildman–Crippen MR) is 147 cm³/mol. The number of ketones is 2. The van der Waals surface area contributed by atoms with E-state index in [2.05, 4.69) is 12.7 Å². The maximum atomic E-state index is 13.9. The van der Waals surface area contributed by atoms with Gasteiger partial charge >= 0.3 is 0 Å². The van der Waals surface area contributed by atoms with E-state index in [1.165, 1.54) is 0 Å². The van der Waals surface area contributed by atoms with Crippen LogP contribution in [0, 0.1) is 5.92 Å². The molecule has 36 heavy (non-hydrogen) atoms. The van der Waals surface area contributed by atoms with Gasteiger partial charge in [-0.1, -0.05) is 135 Å². The molecule has 0 radical (unpaired) electrons. The molecule has 0 aromatic heterocycles. The van der Waals surface area contributed by atoms with Crippen LogP contribution in [0.5, 0.6) is 0 Å². The topological polar surface area (TPSA) is 34.1 Å². The van der Waals surface area contributed by atoms with E-state index >= 15 is 0 Å². The van der Waals surface area contributed by atoms with Gasteiger partial charge in [-0.05, 0) is 29.5 Å². The summed E-state index contributed by atoms with van der Waals surface area (Å²) < 4.78 is 0. The van der Waals surface area contributed by atoms with E-state index in [-0.39, 0.29) is 11.6 Å². The number of hydrogen-bond donors (Lipinski definition) is 0. The van der Waals surface area contributed by atoms with E-state index in [0.29, 0.717) is 17.5 Å². The molecular weight excluding hydrogens is 440 g/mol. The Kier molecular flexibility index (Phi) is 8.59. The zero-order chi connectivity index (χ0) is 25.2. The second-order valence-corrected chi connectivity index (χ2v) is 8.75. The molecule has 4 aromatic rings. The maximum absolute atomic E-state index is 13.9. The molecule has 0 atom stereocenters. The van der Waals surface area contributed by atoms with Crippen molar-refractivity contribution in [3.63, 3.8) is 0 Å². The van der Waals surface area contributed by atoms with Crippen LogP contribution in [0.4, 0.5) is 0 Å². The van der Waals surface area contributed by atoms with Crippen molar-refractivity contribution in [3.05, 3.63) is 155 Å². The summed E-state index contributed by atoms with van der Waals surface area (Å²) in [5.41, 5.74) is 8.28. The van der Waals surface area contributed by atoms with Gasteiger partial charge in [0.25, 0.3) is 0 Å². The van der Waals surface area contributed by atoms with Crippen LogP contribution in [-0.4, -0.2) is 11.6 Å². The quantitative estimate of drug-likeness (QED) is 0.133. The van der Waals surface area contributed by atoms with Crippen LogP contribution in [0.15, 0.2) is 133 Å². The number of allylic oxidation sites excluding steroid dienone is 1. The van der Waals surface area contributed by atoms with E-state index in [9.17, 15) is 9.59 Å². The van der Waals surface area contributed by atoms with Crippen molar-refractivity contribution < 1.29 is 9.59 Å². The zero-order valence-electron chi connectivity index (χ0n) is 20.6. The Balaban J connectivity index is 1.98. The fraction of sp³-hybridized carbons (Fsp3) is 0.147. The first-order valence-corrected chi connectivity index (χ1v) is 12.5. The second kappa shape index (κ2) is 12.4. The number of hydrogen-bond acceptors (Lipinski definition) is 2. The summed E-state index contributed by atoms with van der Waals surface area (Å²) in [5.74, 6) is -1.32. The molecule has 0 aliphatic rings. The first-order chi connectivity index (χ1) is 17.7. The van der Waals surface area contributed by atoms with Gasteiger partial charge in [0.2, 0.25) is 0 Å². The Hall–Kier alpha value is -4.26. The second-order valence-electron chi connectivity index (χ2n) is 8.75. The Morgan fingerprint density at radius 3 is 1.31 bits per heavy atom. The lowest BCUT2D eigenvalue weighted by Crippen LogP contribution is -2.26. The van der Waals surface area contributed by atoms with E-state index in [1.807, 2.05) is 97.1 Å². The molecule has 0 saturated heterocycles. The minimum Gasteiger partial charge on any atom is -0.293 e. The highest BCUT2D eigenvalue weighted by Gasteiger charge is 2.32. The molecule has 0 aliphatic carbocycles. The standard InChI is InChI=1S/C34H30O2/c1-2-3-16-30(25-31(26-17-8-4-9-18-26)27-19-10-5-11-20-27)32(33(35)28-21-12-6-13-22-28)34(36)29-23-14-7-15-24-29/h4-15,17-24,32H,2-3,16H2,1H3. The van der Waals surface area contributed by atoms with Crippen molar-refractivity contribution >= 4 is 17.1 Å². The van der Waals surface area contributed by atoms with E-state index in [1.54, 1.807) is 24.3 Å². The lowest BCUT2D eigenvalue weighted by molar-refractivity contribution is 0.0831. The Morgan fingerprint density at radius 2 is 0.944 bits per heavy atom. The molecule has 0 N–H and O–H groups in total. The van der Waals surface area contributed by atoms with Gasteiger partial charge in [-0.25, -0.2) is 0 Å². The minimum atomic E-state index is -0.941. The summed E-state index contributed by atoms with van der Waals surface area (Å²) in [6.07, 6.45) is 2.42. The summed E-state index contributed by atoms with van der Waals surface area (Å²) in [5, 5.41) is 0. The average Bonchev–Trinajstić information content (AvgIpc) is 2.96. The fourth-order valence-corrected chi connectivity index (χ4v) is 4.30. The molecule has 0 amide bonds. The van der Waals surface area contributed by atoms with Crippen molar-refractivity contribution in [2.45, 2.75) is 26.2 Å². The molecule has 0 fully saturated rings. The lowest BCUT2D eigenvalue weighted by atomic mass is 9.81. The number of Topliss-reactive ketones (excluding diaryl/α,β-unsaturated/α-hetero) is 2. The summed E-state index contributed by atoms with van der Waals surface area (Å²) in [6, 6.07) is 38.3. The average molecular weight is 471 g/mol. The molecule has 178 valence electrons. The van der Waals surface area contributed by atoms with Crippen LogP contribution < -0.4 is 0 Å². The normalized spacial score (nSPS) is 10.5. The van der Waals surface area contributed by atoms with Gasteiger partial charge in [0, 0.05) is 16.7 Å². The summed E-state index contributed by atoms with van der Waals surface area (Å²) in [7, 11) is 0. The van der Waals surface area contributed by atoms with Gasteiger partial charge in [0.1, 0.15) is 5.92 Å². The van der Waals surface area contributed by atoms with Gasteiger partial charge in [0.15, 0.2) is 11.6 Å². The van der Waals surface area contributed by atoms with Crippen LogP contribution in [0.3, 0.4) is 0 Å². The largest absolute Gasteiger partial charge is 0.293 e. The highest BCUT2D eigenvalue weighted by atomic mass is 16.2. The number of rotatable bonds is 10. The third kappa shape index (κ3) is 6.05. The van der Waals surface area contributed by atoms with Crippen molar-refractivity contribution in [1.82, 2.24) is 0 Å². The Bertz CT molecular complexity index is 1260. The van der Waals surface area contributed by atoms with Crippen LogP contribution >= 0.6 is 0 Å². The maximum Gasteiger partial charge on any atom is 0.178 e. The molecule has 4 rings (SSSR count). The zero-order valence-corrected chi connectivity index (χ0v) is 20.6. The number of benzene rings is 4. The summed E-state index contributed by atoms with van der Waals surface area (Å²) in [4.78, 5) is 27.9. The Morgan fingerprint density at radius 1 is 0.583 bits per heavy atom. The third-order valence-corrected chi connectivity index (χ3v) is 6.20. The third-order valence-electron chi connectivity index (χ3n) is 6.20. The summed E-state index contributed by atoms with van der Waals surface area (Å²) in [6.45, 7) is 2.11. The molecule has 0 aliphatic heterocycles. The molecule has 0 bridgehead atoms. The summed E-state index contributed by atoms with van der Waals surface area (Å²) >= 11 is 0. The smallest absolute Gasteiger partial charge is 0.178 e. The first-order valence-electron chi connectivity index (χ1n) is 12.5. The highest BCUT2D eigenvalue weighted by Crippen LogP contribution is 2.29. The van der Waals surface area contributed by atoms with Gasteiger partial charge < -0.3 is 0 Å². The molecule has 2 nitrogen and oxygen atoms in total. The number of unbranched alkanes of at least 4 members (excludes halogenated alkanes) is 1. The van der Waals surface area contributed by atoms with Crippen molar-refractivity contribution in [2.75, 3.05) is 0 Å². The van der Waals surface area contributed by atoms with Crippen molar-refractivity contribution in [3.8, 4) is 0 Å². The highest BCUT2D eigenvalue weighted by molar-refractivity contribution is 6.18. The monoisotopic (exact) mass is 470 g/mol. The van der Waals surface area contributed by atoms with Gasteiger partial charge in [-0.3, -0.25) is 9.59 Å². The van der Waals surface area contributed by atoms with Gasteiger partial charge in [-0.15, -0.1) is 5.73 Å². The molecule has 0 heterocycles. The SMILES string of the molecule is CCCCC(=C=C(c1ccccc1)c1ccccc1)C(C(=O)c1ccccc1)C(=O)c1ccccc1. The molecule has 0 unspecified atom stereocenters. The molecular formula is C34H30O2. The number of carbonyl (C=O) groups is 2. The predicted octanol–water partition coefficient (Wildman–Crippen LogP) is 8.22. The van der Waals surface area contributed by atoms with E-state index < -0.39 is 5.92 Å². The molecule has 0 spiro atoms. The molecule has 0 saturated carbocycles. The Labute approximate surface area is 213 Å². The van der Waals surface area contributed by atoms with E-state index in [4.69, 9.17) is 0 Å². The minimum absolute atomic E-state index is 0.191. The lowest BCUT2D eigenvalue weighted by Gasteiger charge is -2.18. The van der Waals surface area contributed by atoms with Crippen LogP contribution in [0.2, 0.25) is 0 Å². The molecule has 4 aromatic carbocycles. The van der Waals surface area contributed by atoms with Crippen molar-refractivity contribution in [1.29, 1.82) is 0 Å². The van der Waals surface area contributed by atoms with Crippen LogP contribution in [0.1, 0.15) is 58.0 Å². The van der Waals surface area contributed by atoms with Crippen molar-refractivity contribution in [2.24, 2.45) is 5.92 Å².